The maximum absolute atomic E-state index is 12.3. The van der Waals surface area contributed by atoms with E-state index in [9.17, 15) is 4.79 Å². The molecule has 0 bridgehead atoms. The summed E-state index contributed by atoms with van der Waals surface area (Å²) in [5.74, 6) is 0.203. The van der Waals surface area contributed by atoms with Crippen LogP contribution in [0.25, 0.3) is 0 Å². The van der Waals surface area contributed by atoms with Gasteiger partial charge < -0.3 is 15.4 Å². The first-order valence-electron chi connectivity index (χ1n) is 6.88. The molecule has 18 heavy (non-hydrogen) atoms. The molecule has 0 unspecified atom stereocenters. The number of rotatable bonds is 6. The minimum atomic E-state index is -0.192. The van der Waals surface area contributed by atoms with Gasteiger partial charge in [-0.3, -0.25) is 4.79 Å². The third-order valence-corrected chi connectivity index (χ3v) is 3.97. The van der Waals surface area contributed by atoms with E-state index in [0.29, 0.717) is 0 Å². The van der Waals surface area contributed by atoms with Crippen molar-refractivity contribution in [2.45, 2.75) is 40.0 Å². The number of ether oxygens (including phenoxy) is 1. The molecule has 106 valence electrons. The highest BCUT2D eigenvalue weighted by Crippen LogP contribution is 2.28. The Morgan fingerprint density at radius 1 is 1.39 bits per heavy atom. The van der Waals surface area contributed by atoms with Crippen LogP contribution in [0.3, 0.4) is 0 Å². The zero-order valence-corrected chi connectivity index (χ0v) is 12.3. The standard InChI is InChI=1S/C14H28N2O2/c1-13(2,7-10-18-4)11-16-12(17)14(3)5-8-15-9-6-14/h15H,5-11H2,1-4H3,(H,16,17). The predicted octanol–water partition coefficient (Wildman–Crippen LogP) is 1.55. The summed E-state index contributed by atoms with van der Waals surface area (Å²) in [6, 6.07) is 0. The van der Waals surface area contributed by atoms with E-state index in [2.05, 4.69) is 31.4 Å². The van der Waals surface area contributed by atoms with Crippen LogP contribution in [0.5, 0.6) is 0 Å². The Balaban J connectivity index is 2.40. The molecule has 0 spiro atoms. The topological polar surface area (TPSA) is 50.4 Å². The molecule has 1 aliphatic rings. The molecule has 0 saturated carbocycles. The number of methoxy groups -OCH3 is 1. The van der Waals surface area contributed by atoms with Crippen LogP contribution in [-0.4, -0.2) is 39.3 Å². The minimum Gasteiger partial charge on any atom is -0.385 e. The van der Waals surface area contributed by atoms with Crippen LogP contribution in [0.1, 0.15) is 40.0 Å². The van der Waals surface area contributed by atoms with Crippen LogP contribution in [0.4, 0.5) is 0 Å². The lowest BCUT2D eigenvalue weighted by Gasteiger charge is -2.34. The minimum absolute atomic E-state index is 0.0922. The van der Waals surface area contributed by atoms with E-state index in [1.807, 2.05) is 0 Å². The quantitative estimate of drug-likeness (QED) is 0.758. The first-order valence-corrected chi connectivity index (χ1v) is 6.88. The molecule has 1 aliphatic heterocycles. The van der Waals surface area contributed by atoms with Gasteiger partial charge in [-0.25, -0.2) is 0 Å². The molecule has 0 aromatic heterocycles. The second-order valence-electron chi connectivity index (χ2n) is 6.40. The molecule has 4 heteroatoms. The van der Waals surface area contributed by atoms with Gasteiger partial charge in [0.2, 0.25) is 5.91 Å². The number of hydrogen-bond donors (Lipinski definition) is 2. The van der Waals surface area contributed by atoms with Crippen molar-refractivity contribution in [1.29, 1.82) is 0 Å². The Morgan fingerprint density at radius 3 is 2.56 bits per heavy atom. The lowest BCUT2D eigenvalue weighted by Crippen LogP contribution is -2.47. The van der Waals surface area contributed by atoms with E-state index in [4.69, 9.17) is 4.74 Å². The first-order chi connectivity index (χ1) is 8.40. The van der Waals surface area contributed by atoms with Crippen LogP contribution in [0.15, 0.2) is 0 Å². The van der Waals surface area contributed by atoms with Gasteiger partial charge in [0.15, 0.2) is 0 Å². The molecule has 1 rings (SSSR count). The van der Waals surface area contributed by atoms with Crippen LogP contribution >= 0.6 is 0 Å². The van der Waals surface area contributed by atoms with Gasteiger partial charge in [-0.15, -0.1) is 0 Å². The normalized spacial score (nSPS) is 19.6. The van der Waals surface area contributed by atoms with Crippen LogP contribution in [0.2, 0.25) is 0 Å². The first kappa shape index (κ1) is 15.4. The fourth-order valence-electron chi connectivity index (χ4n) is 2.21. The maximum atomic E-state index is 12.3. The van der Waals surface area contributed by atoms with E-state index in [1.54, 1.807) is 7.11 Å². The number of amides is 1. The van der Waals surface area contributed by atoms with Crippen molar-refractivity contribution < 1.29 is 9.53 Å². The molecule has 1 amide bonds. The summed E-state index contributed by atoms with van der Waals surface area (Å²) in [5.41, 5.74) is -0.0997. The van der Waals surface area contributed by atoms with E-state index in [1.165, 1.54) is 0 Å². The maximum Gasteiger partial charge on any atom is 0.226 e. The molecule has 1 heterocycles. The molecule has 0 aromatic rings. The molecule has 1 saturated heterocycles. The second kappa shape index (κ2) is 6.53. The van der Waals surface area contributed by atoms with Crippen LogP contribution in [0, 0.1) is 10.8 Å². The Bertz CT molecular complexity index is 271. The SMILES string of the molecule is COCCC(C)(C)CNC(=O)C1(C)CCNCC1. The zero-order valence-electron chi connectivity index (χ0n) is 12.3. The Labute approximate surface area is 111 Å². The fourth-order valence-corrected chi connectivity index (χ4v) is 2.21. The highest BCUT2D eigenvalue weighted by atomic mass is 16.5. The smallest absolute Gasteiger partial charge is 0.226 e. The van der Waals surface area contributed by atoms with Gasteiger partial charge >= 0.3 is 0 Å². The number of carbonyl (C=O) groups excluding carboxylic acids is 1. The lowest BCUT2D eigenvalue weighted by atomic mass is 9.79. The largest absolute Gasteiger partial charge is 0.385 e. The number of nitrogens with one attached hydrogen (secondary N) is 2. The van der Waals surface area contributed by atoms with Gasteiger partial charge in [-0.05, 0) is 37.8 Å². The molecule has 2 N–H and O–H groups in total. The Kier molecular flexibility index (Phi) is 5.60. The fraction of sp³-hybridized carbons (Fsp3) is 0.929. The lowest BCUT2D eigenvalue weighted by molar-refractivity contribution is -0.132. The predicted molar refractivity (Wildman–Crippen MR) is 73.5 cm³/mol. The number of carbonyl (C=O) groups is 1. The average Bonchev–Trinajstić information content (AvgIpc) is 2.34. The number of piperidine rings is 1. The Hall–Kier alpha value is -0.610. The summed E-state index contributed by atoms with van der Waals surface area (Å²) in [6.45, 7) is 9.75. The van der Waals surface area contributed by atoms with Crippen molar-refractivity contribution in [2.75, 3.05) is 33.4 Å². The van der Waals surface area contributed by atoms with Crippen molar-refractivity contribution >= 4 is 5.91 Å². The van der Waals surface area contributed by atoms with Gasteiger partial charge in [0, 0.05) is 25.7 Å². The summed E-state index contributed by atoms with van der Waals surface area (Å²) in [5, 5.41) is 6.42. The van der Waals surface area contributed by atoms with E-state index in [0.717, 1.165) is 45.5 Å². The number of hydrogen-bond acceptors (Lipinski definition) is 3. The molecule has 0 aliphatic carbocycles. The van der Waals surface area contributed by atoms with E-state index >= 15 is 0 Å². The summed E-state index contributed by atoms with van der Waals surface area (Å²) in [7, 11) is 1.71. The molecule has 1 fully saturated rings. The van der Waals surface area contributed by atoms with Gasteiger partial charge in [0.25, 0.3) is 0 Å². The zero-order chi connectivity index (χ0) is 13.6. The molecule has 4 nitrogen and oxygen atoms in total. The third-order valence-electron chi connectivity index (χ3n) is 3.97. The summed E-state index contributed by atoms with van der Waals surface area (Å²) < 4.78 is 5.10. The summed E-state index contributed by atoms with van der Waals surface area (Å²) in [6.07, 6.45) is 2.82. The molecular formula is C14H28N2O2. The van der Waals surface area contributed by atoms with Gasteiger partial charge in [-0.2, -0.15) is 0 Å². The summed E-state index contributed by atoms with van der Waals surface area (Å²) in [4.78, 5) is 12.3. The second-order valence-corrected chi connectivity index (χ2v) is 6.40. The van der Waals surface area contributed by atoms with E-state index < -0.39 is 0 Å². The monoisotopic (exact) mass is 256 g/mol. The highest BCUT2D eigenvalue weighted by molar-refractivity contribution is 5.82. The molecule has 0 aromatic carbocycles. The van der Waals surface area contributed by atoms with Gasteiger partial charge in [0.05, 0.1) is 0 Å². The van der Waals surface area contributed by atoms with Crippen molar-refractivity contribution in [3.8, 4) is 0 Å². The summed E-state index contributed by atoms with van der Waals surface area (Å²) >= 11 is 0. The van der Waals surface area contributed by atoms with Gasteiger partial charge in [0.1, 0.15) is 0 Å². The van der Waals surface area contributed by atoms with E-state index in [-0.39, 0.29) is 16.7 Å². The van der Waals surface area contributed by atoms with Crippen LogP contribution in [-0.2, 0) is 9.53 Å². The molecule has 0 radical (unpaired) electrons. The third kappa shape index (κ3) is 4.58. The van der Waals surface area contributed by atoms with Crippen molar-refractivity contribution in [1.82, 2.24) is 10.6 Å². The van der Waals surface area contributed by atoms with Crippen molar-refractivity contribution in [3.63, 3.8) is 0 Å². The van der Waals surface area contributed by atoms with Crippen molar-refractivity contribution in [2.24, 2.45) is 10.8 Å². The van der Waals surface area contributed by atoms with Crippen molar-refractivity contribution in [3.05, 3.63) is 0 Å². The Morgan fingerprint density at radius 2 is 2.00 bits per heavy atom. The van der Waals surface area contributed by atoms with Gasteiger partial charge in [-0.1, -0.05) is 20.8 Å². The highest BCUT2D eigenvalue weighted by Gasteiger charge is 2.35. The molecular weight excluding hydrogens is 228 g/mol. The molecule has 0 atom stereocenters. The van der Waals surface area contributed by atoms with Crippen LogP contribution < -0.4 is 10.6 Å². The average molecular weight is 256 g/mol.